The SMILES string of the molecule is Cc1nc(NC(=O)NCC(O)CO)sc1-c1ccnc(C(C)(C)C)n1. The van der Waals surface area contributed by atoms with E-state index in [1.807, 2.05) is 33.8 Å². The number of nitrogens with zero attached hydrogens (tertiary/aromatic N) is 3. The van der Waals surface area contributed by atoms with Crippen molar-refractivity contribution in [3.63, 3.8) is 0 Å². The molecule has 1 atom stereocenters. The second-order valence-electron chi connectivity index (χ2n) is 6.62. The van der Waals surface area contributed by atoms with Crippen LogP contribution in [0.1, 0.15) is 32.3 Å². The highest BCUT2D eigenvalue weighted by molar-refractivity contribution is 7.19. The van der Waals surface area contributed by atoms with Gasteiger partial charge in [0.05, 0.1) is 29.0 Å². The second kappa shape index (κ2) is 7.85. The molecule has 2 amide bonds. The zero-order valence-corrected chi connectivity index (χ0v) is 15.5. The number of carbonyl (C=O) groups excluding carboxylic acids is 1. The van der Waals surface area contributed by atoms with Crippen molar-refractivity contribution < 1.29 is 15.0 Å². The van der Waals surface area contributed by atoms with E-state index < -0.39 is 18.7 Å². The number of urea groups is 1. The van der Waals surface area contributed by atoms with E-state index in [1.54, 1.807) is 6.20 Å². The Labute approximate surface area is 150 Å². The van der Waals surface area contributed by atoms with Gasteiger partial charge in [0.2, 0.25) is 0 Å². The fourth-order valence-electron chi connectivity index (χ4n) is 1.95. The number of rotatable bonds is 5. The van der Waals surface area contributed by atoms with Gasteiger partial charge >= 0.3 is 6.03 Å². The first-order valence-corrected chi connectivity index (χ1v) is 8.67. The number of anilines is 1. The molecular weight excluding hydrogens is 342 g/mol. The molecule has 1 unspecified atom stereocenters. The lowest BCUT2D eigenvalue weighted by molar-refractivity contribution is 0.0965. The number of hydrogen-bond donors (Lipinski definition) is 4. The van der Waals surface area contributed by atoms with E-state index >= 15 is 0 Å². The van der Waals surface area contributed by atoms with E-state index in [-0.39, 0.29) is 12.0 Å². The Bertz CT molecular complexity index is 742. The molecule has 0 aromatic carbocycles. The highest BCUT2D eigenvalue weighted by Gasteiger charge is 2.19. The van der Waals surface area contributed by atoms with Crippen LogP contribution in [0.25, 0.3) is 10.6 Å². The van der Waals surface area contributed by atoms with Crippen LogP contribution >= 0.6 is 11.3 Å². The molecule has 4 N–H and O–H groups in total. The topological polar surface area (TPSA) is 120 Å². The maximum atomic E-state index is 11.8. The Kier molecular flexibility index (Phi) is 6.04. The maximum Gasteiger partial charge on any atom is 0.321 e. The van der Waals surface area contributed by atoms with Crippen molar-refractivity contribution in [1.82, 2.24) is 20.3 Å². The molecule has 0 fully saturated rings. The van der Waals surface area contributed by atoms with Crippen LogP contribution in [-0.2, 0) is 5.41 Å². The molecule has 136 valence electrons. The minimum absolute atomic E-state index is 0.0413. The molecule has 8 nitrogen and oxygen atoms in total. The van der Waals surface area contributed by atoms with Gasteiger partial charge in [0, 0.05) is 18.2 Å². The largest absolute Gasteiger partial charge is 0.394 e. The highest BCUT2D eigenvalue weighted by atomic mass is 32.1. The lowest BCUT2D eigenvalue weighted by atomic mass is 9.95. The molecule has 0 radical (unpaired) electrons. The summed E-state index contributed by atoms with van der Waals surface area (Å²) in [6.07, 6.45) is 0.731. The molecule has 2 aromatic rings. The van der Waals surface area contributed by atoms with Gasteiger partial charge in [0.15, 0.2) is 5.13 Å². The van der Waals surface area contributed by atoms with Crippen molar-refractivity contribution in [3.8, 4) is 10.6 Å². The van der Waals surface area contributed by atoms with Gasteiger partial charge in [-0.3, -0.25) is 5.32 Å². The van der Waals surface area contributed by atoms with E-state index in [2.05, 4.69) is 25.6 Å². The van der Waals surface area contributed by atoms with E-state index in [1.165, 1.54) is 11.3 Å². The van der Waals surface area contributed by atoms with Gasteiger partial charge in [-0.1, -0.05) is 32.1 Å². The van der Waals surface area contributed by atoms with Gasteiger partial charge in [-0.15, -0.1) is 0 Å². The van der Waals surface area contributed by atoms with E-state index in [9.17, 15) is 9.90 Å². The third-order valence-corrected chi connectivity index (χ3v) is 4.38. The van der Waals surface area contributed by atoms with Crippen molar-refractivity contribution >= 4 is 22.5 Å². The molecule has 2 rings (SSSR count). The minimum Gasteiger partial charge on any atom is -0.394 e. The molecule has 9 heteroatoms. The van der Waals surface area contributed by atoms with Gasteiger partial charge < -0.3 is 15.5 Å². The number of aromatic nitrogens is 3. The monoisotopic (exact) mass is 365 g/mol. The smallest absolute Gasteiger partial charge is 0.321 e. The number of hydrogen-bond acceptors (Lipinski definition) is 7. The van der Waals surface area contributed by atoms with Gasteiger partial charge in [0.25, 0.3) is 0 Å². The summed E-state index contributed by atoms with van der Waals surface area (Å²) in [7, 11) is 0. The summed E-state index contributed by atoms with van der Waals surface area (Å²) in [5.74, 6) is 0.739. The number of thiazole rings is 1. The molecule has 2 aromatic heterocycles. The molecule has 0 spiro atoms. The van der Waals surface area contributed by atoms with Gasteiger partial charge in [-0.05, 0) is 13.0 Å². The number of amides is 2. The number of nitrogens with one attached hydrogen (secondary N) is 2. The van der Waals surface area contributed by atoms with Crippen LogP contribution in [0.4, 0.5) is 9.93 Å². The van der Waals surface area contributed by atoms with Crippen molar-refractivity contribution in [1.29, 1.82) is 0 Å². The van der Waals surface area contributed by atoms with Crippen molar-refractivity contribution in [2.75, 3.05) is 18.5 Å². The summed E-state index contributed by atoms with van der Waals surface area (Å²) in [5.41, 5.74) is 1.36. The van der Waals surface area contributed by atoms with E-state index in [0.29, 0.717) is 5.13 Å². The lowest BCUT2D eigenvalue weighted by Crippen LogP contribution is -2.36. The maximum absolute atomic E-state index is 11.8. The fraction of sp³-hybridized carbons (Fsp3) is 0.500. The zero-order valence-electron chi connectivity index (χ0n) is 14.7. The first-order valence-electron chi connectivity index (χ1n) is 7.86. The van der Waals surface area contributed by atoms with Crippen molar-refractivity contribution in [2.45, 2.75) is 39.2 Å². The van der Waals surface area contributed by atoms with Gasteiger partial charge in [0.1, 0.15) is 5.82 Å². The predicted molar refractivity (Wildman–Crippen MR) is 96.7 cm³/mol. The molecular formula is C16H23N5O3S. The third kappa shape index (κ3) is 5.18. The van der Waals surface area contributed by atoms with Crippen LogP contribution in [-0.4, -0.2) is 50.5 Å². The molecule has 25 heavy (non-hydrogen) atoms. The second-order valence-corrected chi connectivity index (χ2v) is 7.62. The Balaban J connectivity index is 2.14. The molecule has 0 saturated carbocycles. The molecule has 2 heterocycles. The normalized spacial score (nSPS) is 12.7. The number of aliphatic hydroxyl groups excluding tert-OH is 2. The third-order valence-electron chi connectivity index (χ3n) is 3.29. The Hall–Kier alpha value is -2.10. The molecule has 0 aliphatic heterocycles. The number of aliphatic hydroxyl groups is 2. The summed E-state index contributed by atoms with van der Waals surface area (Å²) < 4.78 is 0. The van der Waals surface area contributed by atoms with Gasteiger partial charge in [-0.25, -0.2) is 19.7 Å². The first kappa shape index (κ1) is 19.2. The van der Waals surface area contributed by atoms with Gasteiger partial charge in [-0.2, -0.15) is 0 Å². The summed E-state index contributed by atoms with van der Waals surface area (Å²) in [6, 6.07) is 1.32. The lowest BCUT2D eigenvalue weighted by Gasteiger charge is -2.16. The molecule has 0 saturated heterocycles. The standard InChI is InChI=1S/C16H23N5O3S/c1-9-12(11-5-6-17-13(20-11)16(2,3)4)25-15(19-9)21-14(24)18-7-10(23)8-22/h5-6,10,22-23H,7-8H2,1-4H3,(H2,18,19,21,24). The fourth-order valence-corrected chi connectivity index (χ4v) is 2.88. The Morgan fingerprint density at radius 3 is 2.72 bits per heavy atom. The number of aryl methyl sites for hydroxylation is 1. The Morgan fingerprint density at radius 2 is 2.08 bits per heavy atom. The summed E-state index contributed by atoms with van der Waals surface area (Å²) >= 11 is 1.32. The van der Waals surface area contributed by atoms with E-state index in [4.69, 9.17) is 5.11 Å². The molecule has 0 aliphatic rings. The average molecular weight is 365 g/mol. The summed E-state index contributed by atoms with van der Waals surface area (Å²) in [4.78, 5) is 25.9. The highest BCUT2D eigenvalue weighted by Crippen LogP contribution is 2.32. The predicted octanol–water partition coefficient (Wildman–Crippen LogP) is 1.68. The van der Waals surface area contributed by atoms with Crippen LogP contribution < -0.4 is 10.6 Å². The molecule has 0 aliphatic carbocycles. The summed E-state index contributed by atoms with van der Waals surface area (Å²) in [6.45, 7) is 7.53. The van der Waals surface area contributed by atoms with Crippen LogP contribution in [0.5, 0.6) is 0 Å². The molecule has 0 bridgehead atoms. The van der Waals surface area contributed by atoms with Crippen LogP contribution in [0.15, 0.2) is 12.3 Å². The number of carbonyl (C=O) groups is 1. The Morgan fingerprint density at radius 1 is 1.36 bits per heavy atom. The minimum atomic E-state index is -0.990. The van der Waals surface area contributed by atoms with Crippen LogP contribution in [0.3, 0.4) is 0 Å². The zero-order chi connectivity index (χ0) is 18.6. The van der Waals surface area contributed by atoms with Crippen LogP contribution in [0.2, 0.25) is 0 Å². The van der Waals surface area contributed by atoms with Crippen molar-refractivity contribution in [2.24, 2.45) is 0 Å². The quantitative estimate of drug-likeness (QED) is 0.640. The first-order chi connectivity index (χ1) is 11.7. The summed E-state index contributed by atoms with van der Waals surface area (Å²) in [5, 5.41) is 23.5. The average Bonchev–Trinajstić information content (AvgIpc) is 2.92. The van der Waals surface area contributed by atoms with Crippen LogP contribution in [0, 0.1) is 6.92 Å². The van der Waals surface area contributed by atoms with Crippen molar-refractivity contribution in [3.05, 3.63) is 23.8 Å². The van der Waals surface area contributed by atoms with E-state index in [0.717, 1.165) is 22.1 Å².